The number of amides is 2. The molecule has 28 heavy (non-hydrogen) atoms. The number of carbonyl (C=O) groups is 2. The smallest absolute Gasteiger partial charge is 0.238 e. The predicted octanol–water partition coefficient (Wildman–Crippen LogP) is 4.31. The zero-order valence-corrected chi connectivity index (χ0v) is 15.1. The molecule has 0 unspecified atom stereocenters. The first-order valence-electron chi connectivity index (χ1n) is 8.85. The van der Waals surface area contributed by atoms with Gasteiger partial charge in [-0.2, -0.15) is 5.26 Å². The Labute approximate surface area is 163 Å². The zero-order valence-electron chi connectivity index (χ0n) is 15.1. The van der Waals surface area contributed by atoms with E-state index in [0.717, 1.165) is 11.1 Å². The standard InChI is InChI=1S/C23H19N3O2/c24-15-14-21(27)25-19-12-7-13-20(16-19)26-23(28)22(17-8-3-1-4-9-17)18-10-5-2-6-11-18/h1-13,16,22H,14H2,(H,25,27)(H,26,28). The van der Waals surface area contributed by atoms with Gasteiger partial charge in [-0.25, -0.2) is 0 Å². The highest BCUT2D eigenvalue weighted by molar-refractivity contribution is 5.99. The van der Waals surface area contributed by atoms with Crippen LogP contribution in [0.15, 0.2) is 84.9 Å². The van der Waals surface area contributed by atoms with E-state index in [1.807, 2.05) is 60.7 Å². The van der Waals surface area contributed by atoms with Crippen molar-refractivity contribution < 1.29 is 9.59 Å². The van der Waals surface area contributed by atoms with Crippen molar-refractivity contribution in [3.8, 4) is 6.07 Å². The first kappa shape index (κ1) is 18.9. The highest BCUT2D eigenvalue weighted by Gasteiger charge is 2.22. The molecule has 0 atom stereocenters. The first-order valence-corrected chi connectivity index (χ1v) is 8.85. The van der Waals surface area contributed by atoms with Crippen molar-refractivity contribution in [1.29, 1.82) is 5.26 Å². The van der Waals surface area contributed by atoms with Crippen LogP contribution in [0.3, 0.4) is 0 Å². The molecule has 0 aliphatic heterocycles. The van der Waals surface area contributed by atoms with E-state index in [1.165, 1.54) is 0 Å². The molecule has 5 heteroatoms. The van der Waals surface area contributed by atoms with Crippen LogP contribution in [-0.2, 0) is 9.59 Å². The van der Waals surface area contributed by atoms with Crippen LogP contribution in [0.5, 0.6) is 0 Å². The molecule has 3 aromatic rings. The molecule has 0 aromatic heterocycles. The number of nitriles is 1. The van der Waals surface area contributed by atoms with E-state index in [9.17, 15) is 9.59 Å². The lowest BCUT2D eigenvalue weighted by atomic mass is 9.90. The van der Waals surface area contributed by atoms with E-state index in [-0.39, 0.29) is 12.3 Å². The largest absolute Gasteiger partial charge is 0.325 e. The average Bonchev–Trinajstić information content (AvgIpc) is 2.70. The summed E-state index contributed by atoms with van der Waals surface area (Å²) in [7, 11) is 0. The number of nitrogens with zero attached hydrogens (tertiary/aromatic N) is 1. The van der Waals surface area contributed by atoms with Gasteiger partial charge < -0.3 is 10.6 Å². The van der Waals surface area contributed by atoms with Gasteiger partial charge in [0.15, 0.2) is 0 Å². The minimum Gasteiger partial charge on any atom is -0.325 e. The molecular weight excluding hydrogens is 350 g/mol. The van der Waals surface area contributed by atoms with E-state index in [1.54, 1.807) is 30.3 Å². The second-order valence-electron chi connectivity index (χ2n) is 6.21. The monoisotopic (exact) mass is 369 g/mol. The minimum absolute atomic E-state index is 0.169. The summed E-state index contributed by atoms with van der Waals surface area (Å²) >= 11 is 0. The molecule has 0 saturated heterocycles. The Hall–Kier alpha value is -3.91. The molecule has 2 amide bonds. The lowest BCUT2D eigenvalue weighted by molar-refractivity contribution is -0.117. The Kier molecular flexibility index (Phi) is 6.17. The second-order valence-corrected chi connectivity index (χ2v) is 6.21. The van der Waals surface area contributed by atoms with Gasteiger partial charge in [0.05, 0.1) is 12.0 Å². The Morgan fingerprint density at radius 2 is 1.32 bits per heavy atom. The number of rotatable bonds is 6. The number of carbonyl (C=O) groups excluding carboxylic acids is 2. The van der Waals surface area contributed by atoms with Crippen LogP contribution in [0.4, 0.5) is 11.4 Å². The van der Waals surface area contributed by atoms with Gasteiger partial charge in [-0.3, -0.25) is 9.59 Å². The van der Waals surface area contributed by atoms with Gasteiger partial charge in [-0.15, -0.1) is 0 Å². The van der Waals surface area contributed by atoms with E-state index < -0.39 is 11.8 Å². The minimum atomic E-state index is -0.459. The first-order chi connectivity index (χ1) is 13.7. The second kappa shape index (κ2) is 9.15. The highest BCUT2D eigenvalue weighted by Crippen LogP contribution is 2.27. The van der Waals surface area contributed by atoms with E-state index >= 15 is 0 Å². The van der Waals surface area contributed by atoms with E-state index in [4.69, 9.17) is 5.26 Å². The number of anilines is 2. The quantitative estimate of drug-likeness (QED) is 0.679. The topological polar surface area (TPSA) is 82.0 Å². The van der Waals surface area contributed by atoms with Crippen molar-refractivity contribution >= 4 is 23.2 Å². The fraction of sp³-hybridized carbons (Fsp3) is 0.0870. The normalized spacial score (nSPS) is 10.1. The Morgan fingerprint density at radius 1 is 0.786 bits per heavy atom. The number of hydrogen-bond acceptors (Lipinski definition) is 3. The van der Waals surface area contributed by atoms with Crippen molar-refractivity contribution in [3.63, 3.8) is 0 Å². The maximum Gasteiger partial charge on any atom is 0.238 e. The van der Waals surface area contributed by atoms with Crippen molar-refractivity contribution in [3.05, 3.63) is 96.1 Å². The Morgan fingerprint density at radius 3 is 1.86 bits per heavy atom. The summed E-state index contributed by atoms with van der Waals surface area (Å²) in [4.78, 5) is 24.7. The molecule has 0 fully saturated rings. The van der Waals surface area contributed by atoms with Crippen LogP contribution < -0.4 is 10.6 Å². The van der Waals surface area contributed by atoms with Gasteiger partial charge >= 0.3 is 0 Å². The van der Waals surface area contributed by atoms with Crippen LogP contribution in [0.1, 0.15) is 23.5 Å². The summed E-state index contributed by atoms with van der Waals surface area (Å²) in [6, 6.07) is 27.8. The van der Waals surface area contributed by atoms with Crippen LogP contribution in [0, 0.1) is 11.3 Å². The summed E-state index contributed by atoms with van der Waals surface area (Å²) in [6.07, 6.45) is -0.222. The summed E-state index contributed by atoms with van der Waals surface area (Å²) in [6.45, 7) is 0. The van der Waals surface area contributed by atoms with Crippen molar-refractivity contribution in [2.24, 2.45) is 0 Å². The molecular formula is C23H19N3O2. The summed E-state index contributed by atoms with van der Waals surface area (Å²) in [5.41, 5.74) is 2.87. The lowest BCUT2D eigenvalue weighted by Crippen LogP contribution is -2.22. The molecule has 138 valence electrons. The lowest BCUT2D eigenvalue weighted by Gasteiger charge is -2.18. The summed E-state index contributed by atoms with van der Waals surface area (Å²) < 4.78 is 0. The third kappa shape index (κ3) is 4.83. The van der Waals surface area contributed by atoms with Gasteiger partial charge in [0.1, 0.15) is 6.42 Å². The molecule has 3 rings (SSSR count). The van der Waals surface area contributed by atoms with Crippen molar-refractivity contribution in [2.45, 2.75) is 12.3 Å². The summed E-state index contributed by atoms with van der Waals surface area (Å²) in [5, 5.41) is 14.2. The average molecular weight is 369 g/mol. The van der Waals surface area contributed by atoms with Crippen LogP contribution >= 0.6 is 0 Å². The molecule has 3 aromatic carbocycles. The molecule has 0 radical (unpaired) electrons. The van der Waals surface area contributed by atoms with Gasteiger partial charge in [-0.05, 0) is 29.3 Å². The number of hydrogen-bond donors (Lipinski definition) is 2. The highest BCUT2D eigenvalue weighted by atomic mass is 16.2. The molecule has 0 aliphatic rings. The molecule has 0 aliphatic carbocycles. The number of nitrogens with one attached hydrogen (secondary N) is 2. The molecule has 0 heterocycles. The van der Waals surface area contributed by atoms with Crippen LogP contribution in [0.25, 0.3) is 0 Å². The van der Waals surface area contributed by atoms with Crippen molar-refractivity contribution in [2.75, 3.05) is 10.6 Å². The maximum absolute atomic E-state index is 13.1. The van der Waals surface area contributed by atoms with E-state index in [2.05, 4.69) is 10.6 Å². The van der Waals surface area contributed by atoms with Gasteiger partial charge in [-0.1, -0.05) is 66.7 Å². The Balaban J connectivity index is 1.83. The molecule has 2 N–H and O–H groups in total. The third-order valence-corrected chi connectivity index (χ3v) is 4.18. The molecule has 0 spiro atoms. The van der Waals surface area contributed by atoms with Crippen LogP contribution in [-0.4, -0.2) is 11.8 Å². The number of benzene rings is 3. The molecule has 0 saturated carbocycles. The fourth-order valence-corrected chi connectivity index (χ4v) is 2.95. The summed E-state index contributed by atoms with van der Waals surface area (Å²) in [5.74, 6) is -1.02. The third-order valence-electron chi connectivity index (χ3n) is 4.18. The zero-order chi connectivity index (χ0) is 19.8. The maximum atomic E-state index is 13.1. The Bertz CT molecular complexity index is 956. The van der Waals surface area contributed by atoms with Gasteiger partial charge in [0.25, 0.3) is 0 Å². The molecule has 5 nitrogen and oxygen atoms in total. The van der Waals surface area contributed by atoms with Crippen molar-refractivity contribution in [1.82, 2.24) is 0 Å². The predicted molar refractivity (Wildman–Crippen MR) is 109 cm³/mol. The van der Waals surface area contributed by atoms with Gasteiger partial charge in [0, 0.05) is 11.4 Å². The SMILES string of the molecule is N#CCC(=O)Nc1cccc(NC(=O)C(c2ccccc2)c2ccccc2)c1. The van der Waals surface area contributed by atoms with Gasteiger partial charge in [0.2, 0.25) is 11.8 Å². The van der Waals surface area contributed by atoms with E-state index in [0.29, 0.717) is 11.4 Å². The fourth-order valence-electron chi connectivity index (χ4n) is 2.95. The molecule has 0 bridgehead atoms. The van der Waals surface area contributed by atoms with Crippen LogP contribution in [0.2, 0.25) is 0 Å².